The smallest absolute Gasteiger partial charge is 0.251 e. The number of carbonyl (C=O) groups excluding carboxylic acids is 2. The minimum atomic E-state index is 0.0181. The van der Waals surface area contributed by atoms with Crippen LogP contribution in [0.15, 0.2) is 54.6 Å². The first-order valence-electron chi connectivity index (χ1n) is 11.1. The summed E-state index contributed by atoms with van der Waals surface area (Å²) in [6, 6.07) is 18.4. The second kappa shape index (κ2) is 10.2. The average molecular weight is 423 g/mol. The quantitative estimate of drug-likeness (QED) is 0.670. The largest absolute Gasteiger partial charge is 0.349 e. The van der Waals surface area contributed by atoms with Crippen LogP contribution in [-0.4, -0.2) is 35.1 Å². The third-order valence-corrected chi connectivity index (χ3v) is 7.36. The lowest BCUT2D eigenvalue weighted by Crippen LogP contribution is -2.34. The molecule has 1 saturated heterocycles. The Morgan fingerprint density at radius 3 is 2.37 bits per heavy atom. The Morgan fingerprint density at radius 1 is 0.967 bits per heavy atom. The number of hydrogen-bond acceptors (Lipinski definition) is 3. The molecule has 1 aliphatic heterocycles. The monoisotopic (exact) mass is 422 g/mol. The molecule has 2 aliphatic rings. The SMILES string of the molecule is O=C(NC1CCCCCC1)c1ccc([C@@H]2SCC(=O)N2CCc2ccccc2)cc1. The number of nitrogens with zero attached hydrogens (tertiary/aromatic N) is 1. The molecule has 0 aromatic heterocycles. The van der Waals surface area contributed by atoms with Crippen molar-refractivity contribution in [2.45, 2.75) is 56.4 Å². The molecular weight excluding hydrogens is 392 g/mol. The number of rotatable bonds is 6. The van der Waals surface area contributed by atoms with Crippen molar-refractivity contribution in [1.82, 2.24) is 10.2 Å². The molecule has 1 N–H and O–H groups in total. The molecule has 0 bridgehead atoms. The molecule has 1 aliphatic carbocycles. The fraction of sp³-hybridized carbons (Fsp3) is 0.440. The van der Waals surface area contributed by atoms with Crippen molar-refractivity contribution in [3.8, 4) is 0 Å². The van der Waals surface area contributed by atoms with Gasteiger partial charge in [-0.15, -0.1) is 11.8 Å². The predicted octanol–water partition coefficient (Wildman–Crippen LogP) is 4.96. The van der Waals surface area contributed by atoms with Crippen LogP contribution in [0, 0.1) is 0 Å². The lowest BCUT2D eigenvalue weighted by Gasteiger charge is -2.24. The number of thioether (sulfide) groups is 1. The highest BCUT2D eigenvalue weighted by Crippen LogP contribution is 2.38. The van der Waals surface area contributed by atoms with Gasteiger partial charge in [-0.3, -0.25) is 9.59 Å². The lowest BCUT2D eigenvalue weighted by molar-refractivity contribution is -0.128. The summed E-state index contributed by atoms with van der Waals surface area (Å²) in [6.45, 7) is 0.713. The highest BCUT2D eigenvalue weighted by atomic mass is 32.2. The predicted molar refractivity (Wildman–Crippen MR) is 122 cm³/mol. The Labute approximate surface area is 183 Å². The van der Waals surface area contributed by atoms with Crippen molar-refractivity contribution in [3.63, 3.8) is 0 Å². The number of benzene rings is 2. The van der Waals surface area contributed by atoms with Gasteiger partial charge in [0.15, 0.2) is 0 Å². The van der Waals surface area contributed by atoms with Crippen LogP contribution in [0.4, 0.5) is 0 Å². The Morgan fingerprint density at radius 2 is 1.67 bits per heavy atom. The number of carbonyl (C=O) groups is 2. The molecule has 158 valence electrons. The van der Waals surface area contributed by atoms with Gasteiger partial charge in [0.2, 0.25) is 5.91 Å². The summed E-state index contributed by atoms with van der Waals surface area (Å²) in [7, 11) is 0. The molecule has 2 aromatic rings. The van der Waals surface area contributed by atoms with Crippen LogP contribution in [0.3, 0.4) is 0 Å². The van der Waals surface area contributed by atoms with E-state index >= 15 is 0 Å². The van der Waals surface area contributed by atoms with E-state index < -0.39 is 0 Å². The molecule has 0 unspecified atom stereocenters. The Balaban J connectivity index is 1.38. The van der Waals surface area contributed by atoms with Gasteiger partial charge in [-0.25, -0.2) is 0 Å². The second-order valence-electron chi connectivity index (χ2n) is 8.27. The highest BCUT2D eigenvalue weighted by molar-refractivity contribution is 8.00. The van der Waals surface area contributed by atoms with E-state index in [-0.39, 0.29) is 17.2 Å². The van der Waals surface area contributed by atoms with Crippen LogP contribution in [0.1, 0.15) is 65.4 Å². The fourth-order valence-electron chi connectivity index (χ4n) is 4.36. The van der Waals surface area contributed by atoms with Gasteiger partial charge < -0.3 is 10.2 Å². The minimum Gasteiger partial charge on any atom is -0.349 e. The summed E-state index contributed by atoms with van der Waals surface area (Å²) in [4.78, 5) is 27.1. The van der Waals surface area contributed by atoms with Crippen LogP contribution in [0.2, 0.25) is 0 Å². The van der Waals surface area contributed by atoms with E-state index in [4.69, 9.17) is 0 Å². The maximum atomic E-state index is 12.7. The highest BCUT2D eigenvalue weighted by Gasteiger charge is 2.32. The zero-order chi connectivity index (χ0) is 20.8. The molecule has 2 amide bonds. The summed E-state index contributed by atoms with van der Waals surface area (Å²) in [6.07, 6.45) is 7.98. The lowest BCUT2D eigenvalue weighted by atomic mass is 10.1. The Bertz CT molecular complexity index is 845. The van der Waals surface area contributed by atoms with Gasteiger partial charge in [-0.2, -0.15) is 0 Å². The van der Waals surface area contributed by atoms with Crippen LogP contribution in [0.25, 0.3) is 0 Å². The molecule has 4 rings (SSSR count). The Hall–Kier alpha value is -2.27. The van der Waals surface area contributed by atoms with E-state index in [2.05, 4.69) is 17.4 Å². The fourth-order valence-corrected chi connectivity index (χ4v) is 5.58. The summed E-state index contributed by atoms with van der Waals surface area (Å²) >= 11 is 1.67. The zero-order valence-corrected chi connectivity index (χ0v) is 18.2. The van der Waals surface area contributed by atoms with E-state index in [0.29, 0.717) is 23.9 Å². The van der Waals surface area contributed by atoms with Gasteiger partial charge in [-0.1, -0.05) is 68.1 Å². The first-order valence-corrected chi connectivity index (χ1v) is 12.1. The molecule has 30 heavy (non-hydrogen) atoms. The van der Waals surface area contributed by atoms with Crippen molar-refractivity contribution in [1.29, 1.82) is 0 Å². The number of hydrogen-bond donors (Lipinski definition) is 1. The normalized spacial score (nSPS) is 20.2. The maximum Gasteiger partial charge on any atom is 0.251 e. The van der Waals surface area contributed by atoms with Crippen molar-refractivity contribution in [2.75, 3.05) is 12.3 Å². The summed E-state index contributed by atoms with van der Waals surface area (Å²) in [5.74, 6) is 0.726. The molecule has 2 fully saturated rings. The molecule has 2 aromatic carbocycles. The van der Waals surface area contributed by atoms with Gasteiger partial charge in [-0.05, 0) is 42.5 Å². The van der Waals surface area contributed by atoms with E-state index in [1.165, 1.54) is 31.2 Å². The van der Waals surface area contributed by atoms with Crippen molar-refractivity contribution < 1.29 is 9.59 Å². The summed E-state index contributed by atoms with van der Waals surface area (Å²) < 4.78 is 0. The van der Waals surface area contributed by atoms with E-state index in [9.17, 15) is 9.59 Å². The maximum absolute atomic E-state index is 12.7. The molecular formula is C25H30N2O2S. The third kappa shape index (κ3) is 5.25. The number of nitrogens with one attached hydrogen (secondary N) is 1. The van der Waals surface area contributed by atoms with Gasteiger partial charge in [0, 0.05) is 18.2 Å². The van der Waals surface area contributed by atoms with Crippen LogP contribution in [0.5, 0.6) is 0 Å². The molecule has 0 spiro atoms. The minimum absolute atomic E-state index is 0.0181. The van der Waals surface area contributed by atoms with Crippen LogP contribution in [-0.2, 0) is 11.2 Å². The molecule has 1 saturated carbocycles. The van der Waals surface area contributed by atoms with Crippen molar-refractivity contribution in [3.05, 3.63) is 71.3 Å². The van der Waals surface area contributed by atoms with Crippen molar-refractivity contribution >= 4 is 23.6 Å². The second-order valence-corrected chi connectivity index (χ2v) is 9.34. The molecule has 1 heterocycles. The standard InChI is InChI=1S/C25H30N2O2S/c28-23-18-30-25(27(23)17-16-19-8-4-3-5-9-19)21-14-12-20(13-15-21)24(29)26-22-10-6-1-2-7-11-22/h3-5,8-9,12-15,22,25H,1-2,6-7,10-11,16-18H2,(H,26,29)/t25-/m0/s1. The van der Waals surface area contributed by atoms with Crippen LogP contribution < -0.4 is 5.32 Å². The van der Waals surface area contributed by atoms with E-state index in [1.807, 2.05) is 47.4 Å². The van der Waals surface area contributed by atoms with Gasteiger partial charge in [0.25, 0.3) is 5.91 Å². The van der Waals surface area contributed by atoms with E-state index in [1.54, 1.807) is 11.8 Å². The topological polar surface area (TPSA) is 49.4 Å². The zero-order valence-electron chi connectivity index (χ0n) is 17.4. The third-order valence-electron chi connectivity index (χ3n) is 6.10. The summed E-state index contributed by atoms with van der Waals surface area (Å²) in [5, 5.41) is 3.24. The Kier molecular flexibility index (Phi) is 7.11. The summed E-state index contributed by atoms with van der Waals surface area (Å²) in [5.41, 5.74) is 3.03. The first-order chi connectivity index (χ1) is 14.7. The van der Waals surface area contributed by atoms with Crippen LogP contribution >= 0.6 is 11.8 Å². The van der Waals surface area contributed by atoms with Crippen molar-refractivity contribution in [2.24, 2.45) is 0 Å². The molecule has 0 radical (unpaired) electrons. The van der Waals surface area contributed by atoms with Gasteiger partial charge >= 0.3 is 0 Å². The van der Waals surface area contributed by atoms with Gasteiger partial charge in [0.1, 0.15) is 5.37 Å². The van der Waals surface area contributed by atoms with Gasteiger partial charge in [0.05, 0.1) is 5.75 Å². The molecule has 4 nitrogen and oxygen atoms in total. The number of amides is 2. The first kappa shape index (κ1) is 21.0. The average Bonchev–Trinajstić information content (AvgIpc) is 2.96. The molecule has 5 heteroatoms. The van der Waals surface area contributed by atoms with E-state index in [0.717, 1.165) is 24.8 Å². The molecule has 1 atom stereocenters.